The third kappa shape index (κ3) is 2.28. The second-order valence-corrected chi connectivity index (χ2v) is 5.62. The van der Waals surface area contributed by atoms with Crippen LogP contribution in [-0.4, -0.2) is 45.8 Å². The molecule has 0 spiro atoms. The van der Waals surface area contributed by atoms with Gasteiger partial charge in [0.25, 0.3) is 0 Å². The molecule has 3 heterocycles. The normalized spacial score (nSPS) is 21.8. The molecule has 0 bridgehead atoms. The summed E-state index contributed by atoms with van der Waals surface area (Å²) in [4.78, 5) is 32.1. The van der Waals surface area contributed by atoms with Gasteiger partial charge in [-0.15, -0.1) is 9.81 Å². The summed E-state index contributed by atoms with van der Waals surface area (Å²) in [5.41, 5.74) is 0.473. The van der Waals surface area contributed by atoms with Crippen LogP contribution in [0.4, 0.5) is 5.82 Å². The molecule has 0 N–H and O–H groups in total. The van der Waals surface area contributed by atoms with E-state index in [1.807, 2.05) is 11.9 Å². The first-order valence-corrected chi connectivity index (χ1v) is 7.12. The first-order chi connectivity index (χ1) is 10.7. The SMILES string of the molecule is C[C@@H]1CCN(N=O)C[C@@H]1N(C)c1ncnc2c1ccn2N=O. The number of piperidine rings is 1. The van der Waals surface area contributed by atoms with Crippen LogP contribution in [0.2, 0.25) is 0 Å². The lowest BCUT2D eigenvalue weighted by molar-refractivity contribution is 0.169. The van der Waals surface area contributed by atoms with E-state index in [1.165, 1.54) is 16.0 Å². The number of rotatable bonds is 4. The highest BCUT2D eigenvalue weighted by molar-refractivity contribution is 5.87. The fourth-order valence-corrected chi connectivity index (χ4v) is 3.04. The Morgan fingerprint density at radius 1 is 1.32 bits per heavy atom. The lowest BCUT2D eigenvalue weighted by atomic mass is 9.93. The molecule has 116 valence electrons. The van der Waals surface area contributed by atoms with Gasteiger partial charge < -0.3 is 4.90 Å². The molecule has 22 heavy (non-hydrogen) atoms. The van der Waals surface area contributed by atoms with Gasteiger partial charge in [0, 0.05) is 19.8 Å². The standard InChI is InChI=1S/C13H17N7O2/c1-9-3-5-19(16-21)7-11(9)18(2)12-10-4-6-20(17-22)13(10)15-8-14-12/h4,6,8-9,11H,3,5,7H2,1-2H3/t9-,11+/m1/s1. The molecular weight excluding hydrogens is 286 g/mol. The van der Waals surface area contributed by atoms with Crippen LogP contribution in [0, 0.1) is 15.7 Å². The van der Waals surface area contributed by atoms with Gasteiger partial charge in [0.05, 0.1) is 28.5 Å². The van der Waals surface area contributed by atoms with Crippen molar-refractivity contribution >= 4 is 16.9 Å². The van der Waals surface area contributed by atoms with Gasteiger partial charge in [0.1, 0.15) is 12.1 Å². The molecular formula is C13H17N7O2. The van der Waals surface area contributed by atoms with Crippen LogP contribution in [0.3, 0.4) is 0 Å². The molecule has 0 saturated carbocycles. The number of anilines is 1. The molecule has 1 fully saturated rings. The summed E-state index contributed by atoms with van der Waals surface area (Å²) >= 11 is 0. The lowest BCUT2D eigenvalue weighted by Crippen LogP contribution is -2.49. The summed E-state index contributed by atoms with van der Waals surface area (Å²) in [6, 6.07) is 1.88. The van der Waals surface area contributed by atoms with Gasteiger partial charge in [-0.2, -0.15) is 4.68 Å². The van der Waals surface area contributed by atoms with Crippen LogP contribution < -0.4 is 4.90 Å². The van der Waals surface area contributed by atoms with Gasteiger partial charge in [-0.1, -0.05) is 6.92 Å². The third-order valence-electron chi connectivity index (χ3n) is 4.37. The number of likely N-dealkylation sites (N-methyl/N-ethyl adjacent to an activating group) is 1. The zero-order valence-electron chi connectivity index (χ0n) is 12.5. The van der Waals surface area contributed by atoms with E-state index in [4.69, 9.17) is 0 Å². The zero-order chi connectivity index (χ0) is 15.7. The van der Waals surface area contributed by atoms with Crippen LogP contribution in [0.25, 0.3) is 11.0 Å². The maximum absolute atomic E-state index is 10.8. The summed E-state index contributed by atoms with van der Waals surface area (Å²) in [5, 5.41) is 8.25. The fourth-order valence-electron chi connectivity index (χ4n) is 3.04. The van der Waals surface area contributed by atoms with Crippen molar-refractivity contribution in [1.29, 1.82) is 0 Å². The van der Waals surface area contributed by atoms with Gasteiger partial charge in [0.2, 0.25) is 0 Å². The van der Waals surface area contributed by atoms with Crippen molar-refractivity contribution in [3.8, 4) is 0 Å². The van der Waals surface area contributed by atoms with Crippen molar-refractivity contribution in [1.82, 2.24) is 19.7 Å². The molecule has 0 aromatic carbocycles. The first kappa shape index (κ1) is 14.4. The quantitative estimate of drug-likeness (QED) is 0.799. The fraction of sp³-hybridized carbons (Fsp3) is 0.538. The van der Waals surface area contributed by atoms with E-state index < -0.39 is 0 Å². The van der Waals surface area contributed by atoms with Gasteiger partial charge in [0.15, 0.2) is 5.65 Å². The average molecular weight is 303 g/mol. The molecule has 0 unspecified atom stereocenters. The van der Waals surface area contributed by atoms with E-state index in [2.05, 4.69) is 27.5 Å². The average Bonchev–Trinajstić information content (AvgIpc) is 2.97. The van der Waals surface area contributed by atoms with Crippen LogP contribution in [0.15, 0.2) is 29.2 Å². The Kier molecular flexibility index (Phi) is 3.70. The minimum absolute atomic E-state index is 0.108. The number of hydrogen-bond acceptors (Lipinski definition) is 7. The third-order valence-corrected chi connectivity index (χ3v) is 4.37. The minimum atomic E-state index is 0.108. The highest BCUT2D eigenvalue weighted by Crippen LogP contribution is 2.29. The van der Waals surface area contributed by atoms with Crippen molar-refractivity contribution in [2.45, 2.75) is 19.4 Å². The van der Waals surface area contributed by atoms with Gasteiger partial charge in [-0.05, 0) is 18.4 Å². The van der Waals surface area contributed by atoms with Crippen LogP contribution in [-0.2, 0) is 0 Å². The number of aromatic nitrogens is 3. The van der Waals surface area contributed by atoms with Gasteiger partial charge in [-0.3, -0.25) is 5.01 Å². The number of fused-ring (bicyclic) bond motifs is 1. The Morgan fingerprint density at radius 3 is 2.86 bits per heavy atom. The Hall–Kier alpha value is -2.58. The molecule has 1 aliphatic rings. The molecule has 9 heteroatoms. The van der Waals surface area contributed by atoms with Crippen LogP contribution >= 0.6 is 0 Å². The van der Waals surface area contributed by atoms with E-state index in [9.17, 15) is 9.81 Å². The van der Waals surface area contributed by atoms with Crippen molar-refractivity contribution in [3.05, 3.63) is 28.4 Å². The smallest absolute Gasteiger partial charge is 0.169 e. The largest absolute Gasteiger partial charge is 0.354 e. The summed E-state index contributed by atoms with van der Waals surface area (Å²) in [6.45, 7) is 3.39. The maximum Gasteiger partial charge on any atom is 0.169 e. The highest BCUT2D eigenvalue weighted by Gasteiger charge is 2.31. The first-order valence-electron chi connectivity index (χ1n) is 7.12. The molecule has 0 aliphatic carbocycles. The number of nitroso groups, excluding NO2 is 2. The Labute approximate surface area is 126 Å². The predicted octanol–water partition coefficient (Wildman–Crippen LogP) is 1.79. The van der Waals surface area contributed by atoms with Crippen molar-refractivity contribution < 1.29 is 0 Å². The highest BCUT2D eigenvalue weighted by atomic mass is 16.3. The molecule has 0 radical (unpaired) electrons. The Balaban J connectivity index is 1.97. The summed E-state index contributed by atoms with van der Waals surface area (Å²) < 4.78 is 1.18. The molecule has 0 amide bonds. The van der Waals surface area contributed by atoms with E-state index in [0.29, 0.717) is 24.7 Å². The second-order valence-electron chi connectivity index (χ2n) is 5.62. The summed E-state index contributed by atoms with van der Waals surface area (Å²) in [6.07, 6.45) is 3.87. The topological polar surface area (TPSA) is 96.1 Å². The Morgan fingerprint density at radius 2 is 2.14 bits per heavy atom. The lowest BCUT2D eigenvalue weighted by Gasteiger charge is -2.39. The van der Waals surface area contributed by atoms with Gasteiger partial charge in [-0.25, -0.2) is 9.97 Å². The van der Waals surface area contributed by atoms with E-state index in [0.717, 1.165) is 17.6 Å². The van der Waals surface area contributed by atoms with Gasteiger partial charge >= 0.3 is 0 Å². The second kappa shape index (κ2) is 5.66. The van der Waals surface area contributed by atoms with Crippen molar-refractivity contribution in [3.63, 3.8) is 0 Å². The molecule has 1 saturated heterocycles. The monoisotopic (exact) mass is 303 g/mol. The summed E-state index contributed by atoms with van der Waals surface area (Å²) in [5.74, 6) is 1.12. The maximum atomic E-state index is 10.8. The zero-order valence-corrected chi connectivity index (χ0v) is 12.5. The van der Waals surface area contributed by atoms with Crippen LogP contribution in [0.1, 0.15) is 13.3 Å². The van der Waals surface area contributed by atoms with Crippen molar-refractivity contribution in [2.75, 3.05) is 25.0 Å². The molecule has 3 rings (SSSR count). The Bertz CT molecular complexity index is 701. The van der Waals surface area contributed by atoms with E-state index in [-0.39, 0.29) is 6.04 Å². The van der Waals surface area contributed by atoms with Crippen molar-refractivity contribution in [2.24, 2.45) is 16.5 Å². The predicted molar refractivity (Wildman–Crippen MR) is 82.1 cm³/mol. The minimum Gasteiger partial charge on any atom is -0.354 e. The number of nitrogens with zero attached hydrogens (tertiary/aromatic N) is 7. The molecule has 2 atom stereocenters. The molecule has 2 aromatic rings. The molecule has 1 aliphatic heterocycles. The molecule has 2 aromatic heterocycles. The van der Waals surface area contributed by atoms with E-state index >= 15 is 0 Å². The van der Waals surface area contributed by atoms with E-state index in [1.54, 1.807) is 12.3 Å². The number of hydrogen-bond donors (Lipinski definition) is 0. The summed E-state index contributed by atoms with van der Waals surface area (Å²) in [7, 11) is 1.93. The van der Waals surface area contributed by atoms with Crippen LogP contribution in [0.5, 0.6) is 0 Å². The molecule has 9 nitrogen and oxygen atoms in total.